The highest BCUT2D eigenvalue weighted by Crippen LogP contribution is 2.34. The standard InChI is InChI=1S/C22H20FN9O/c23-22(5-9-32(12-22)21-31-16-2-1-7-27-20(16)33-21)17(3-6-24)28-11-14(10-25)18-15-4-8-26-19(15)30-13-29-18/h1-2,4,7-8,10-11,13,17,25,28H,3,5,9,12H2,(H,26,29,30)/b14-11+,25-10?. The third-order valence-electron chi connectivity index (χ3n) is 5.82. The zero-order valence-electron chi connectivity index (χ0n) is 17.5. The Morgan fingerprint density at radius 1 is 1.42 bits per heavy atom. The van der Waals surface area contributed by atoms with Gasteiger partial charge >= 0.3 is 0 Å². The molecule has 1 aliphatic rings. The SMILES string of the molecule is N#CCC(N/C=C(\C=N)c1ncnc2[nH]ccc12)C1(F)CCN(c2nc3cccnc3o2)C1. The van der Waals surface area contributed by atoms with E-state index in [9.17, 15) is 5.26 Å². The maximum atomic E-state index is 16.1. The first kappa shape index (κ1) is 20.6. The summed E-state index contributed by atoms with van der Waals surface area (Å²) < 4.78 is 21.7. The average molecular weight is 445 g/mol. The quantitative estimate of drug-likeness (QED) is 0.368. The van der Waals surface area contributed by atoms with Crippen LogP contribution in [-0.4, -0.2) is 55.9 Å². The summed E-state index contributed by atoms with van der Waals surface area (Å²) in [6.45, 7) is 0.409. The lowest BCUT2D eigenvalue weighted by Crippen LogP contribution is -2.47. The Kier molecular flexibility index (Phi) is 5.18. The molecular formula is C22H20FN9O. The van der Waals surface area contributed by atoms with Crippen LogP contribution >= 0.6 is 0 Å². The third-order valence-corrected chi connectivity index (χ3v) is 5.82. The van der Waals surface area contributed by atoms with Crippen LogP contribution in [0.15, 0.2) is 47.5 Å². The first-order chi connectivity index (χ1) is 16.1. The number of H-pyrrole nitrogens is 1. The Morgan fingerprint density at radius 3 is 3.15 bits per heavy atom. The molecule has 0 aromatic carbocycles. The van der Waals surface area contributed by atoms with Gasteiger partial charge in [0.25, 0.3) is 6.01 Å². The van der Waals surface area contributed by atoms with Crippen molar-refractivity contribution in [3.8, 4) is 6.07 Å². The van der Waals surface area contributed by atoms with Gasteiger partial charge in [-0.2, -0.15) is 10.2 Å². The number of allylic oxidation sites excluding steroid dienone is 1. The lowest BCUT2D eigenvalue weighted by atomic mass is 9.93. The summed E-state index contributed by atoms with van der Waals surface area (Å²) in [6, 6.07) is 6.94. The number of hydrogen-bond acceptors (Lipinski definition) is 9. The number of halogens is 1. The molecule has 5 rings (SSSR count). The Hall–Kier alpha value is -4.33. The average Bonchev–Trinajstić information content (AvgIpc) is 3.57. The van der Waals surface area contributed by atoms with Gasteiger partial charge in [-0.05, 0) is 18.2 Å². The predicted octanol–water partition coefficient (Wildman–Crippen LogP) is 2.98. The van der Waals surface area contributed by atoms with Crippen LogP contribution in [0.5, 0.6) is 0 Å². The minimum atomic E-state index is -1.71. The number of oxazole rings is 1. The number of nitrogens with one attached hydrogen (secondary N) is 3. The van der Waals surface area contributed by atoms with Crippen LogP contribution in [0.3, 0.4) is 0 Å². The molecule has 4 aromatic rings. The molecule has 0 saturated carbocycles. The Balaban J connectivity index is 1.38. The van der Waals surface area contributed by atoms with E-state index >= 15 is 4.39 Å². The van der Waals surface area contributed by atoms with Gasteiger partial charge in [0.2, 0.25) is 5.71 Å². The van der Waals surface area contributed by atoms with E-state index in [1.54, 1.807) is 29.4 Å². The van der Waals surface area contributed by atoms with Gasteiger partial charge in [0, 0.05) is 48.7 Å². The number of hydrogen-bond donors (Lipinski definition) is 3. The topological polar surface area (TPSA) is 143 Å². The smallest absolute Gasteiger partial charge is 0.299 e. The van der Waals surface area contributed by atoms with Crippen molar-refractivity contribution in [2.45, 2.75) is 24.6 Å². The van der Waals surface area contributed by atoms with E-state index < -0.39 is 11.7 Å². The summed E-state index contributed by atoms with van der Waals surface area (Å²) in [5, 5.41) is 21.0. The molecule has 33 heavy (non-hydrogen) atoms. The van der Waals surface area contributed by atoms with Crippen molar-refractivity contribution in [1.82, 2.24) is 30.2 Å². The zero-order valence-corrected chi connectivity index (χ0v) is 17.5. The van der Waals surface area contributed by atoms with Gasteiger partial charge in [0.05, 0.1) is 30.8 Å². The molecule has 4 aromatic heterocycles. The number of anilines is 1. The normalized spacial score (nSPS) is 19.6. The summed E-state index contributed by atoms with van der Waals surface area (Å²) in [4.78, 5) is 21.7. The molecule has 1 aliphatic heterocycles. The second kappa shape index (κ2) is 8.31. The molecule has 0 amide bonds. The van der Waals surface area contributed by atoms with Crippen LogP contribution in [0.2, 0.25) is 0 Å². The number of alkyl halides is 1. The van der Waals surface area contributed by atoms with Crippen molar-refractivity contribution in [2.24, 2.45) is 0 Å². The third kappa shape index (κ3) is 3.76. The van der Waals surface area contributed by atoms with Crippen molar-refractivity contribution in [2.75, 3.05) is 18.0 Å². The Morgan fingerprint density at radius 2 is 2.33 bits per heavy atom. The molecular weight excluding hydrogens is 425 g/mol. The van der Waals surface area contributed by atoms with Gasteiger partial charge in [-0.25, -0.2) is 19.3 Å². The largest absolute Gasteiger partial charge is 0.404 e. The molecule has 0 spiro atoms. The zero-order chi connectivity index (χ0) is 22.8. The van der Waals surface area contributed by atoms with Gasteiger partial charge < -0.3 is 25.0 Å². The van der Waals surface area contributed by atoms with Crippen molar-refractivity contribution in [1.29, 1.82) is 10.7 Å². The molecule has 11 heteroatoms. The van der Waals surface area contributed by atoms with Gasteiger partial charge in [-0.15, -0.1) is 0 Å². The minimum absolute atomic E-state index is 0.0164. The number of nitrogens with zero attached hydrogens (tertiary/aromatic N) is 6. The molecule has 10 nitrogen and oxygen atoms in total. The van der Waals surface area contributed by atoms with E-state index in [-0.39, 0.29) is 19.4 Å². The fourth-order valence-corrected chi connectivity index (χ4v) is 4.09. The Bertz CT molecular complexity index is 1350. The minimum Gasteiger partial charge on any atom is -0.404 e. The van der Waals surface area contributed by atoms with Crippen LogP contribution in [0.4, 0.5) is 10.4 Å². The summed E-state index contributed by atoms with van der Waals surface area (Å²) in [6.07, 6.45) is 7.58. The second-order valence-electron chi connectivity index (χ2n) is 7.82. The summed E-state index contributed by atoms with van der Waals surface area (Å²) in [5.41, 5.74) is 0.933. The van der Waals surface area contributed by atoms with Crippen molar-refractivity contribution in [3.05, 3.63) is 48.8 Å². The van der Waals surface area contributed by atoms with Crippen LogP contribution in [0.1, 0.15) is 18.5 Å². The molecule has 0 aliphatic carbocycles. The molecule has 3 N–H and O–H groups in total. The monoisotopic (exact) mass is 445 g/mol. The van der Waals surface area contributed by atoms with Gasteiger partial charge in [0.15, 0.2) is 5.67 Å². The highest BCUT2D eigenvalue weighted by Gasteiger charge is 2.46. The first-order valence-corrected chi connectivity index (χ1v) is 10.4. The van der Waals surface area contributed by atoms with Crippen molar-refractivity contribution < 1.29 is 8.81 Å². The second-order valence-corrected chi connectivity index (χ2v) is 7.82. The molecule has 1 fully saturated rings. The number of aromatic amines is 1. The van der Waals surface area contributed by atoms with E-state index in [0.29, 0.717) is 40.7 Å². The first-order valence-electron chi connectivity index (χ1n) is 10.4. The van der Waals surface area contributed by atoms with Crippen LogP contribution in [0, 0.1) is 16.7 Å². The molecule has 0 bridgehead atoms. The Labute approximate surface area is 187 Å². The van der Waals surface area contributed by atoms with Gasteiger partial charge in [0.1, 0.15) is 17.5 Å². The van der Waals surface area contributed by atoms with Crippen LogP contribution in [0.25, 0.3) is 27.8 Å². The number of aromatic nitrogens is 5. The maximum absolute atomic E-state index is 16.1. The number of pyridine rings is 1. The summed E-state index contributed by atoms with van der Waals surface area (Å²) in [5.74, 6) is 0. The van der Waals surface area contributed by atoms with Crippen molar-refractivity contribution in [3.63, 3.8) is 0 Å². The van der Waals surface area contributed by atoms with E-state index in [1.165, 1.54) is 12.5 Å². The number of fused-ring (bicyclic) bond motifs is 2. The molecule has 166 valence electrons. The van der Waals surface area contributed by atoms with E-state index in [4.69, 9.17) is 9.83 Å². The fourth-order valence-electron chi connectivity index (χ4n) is 4.09. The summed E-state index contributed by atoms with van der Waals surface area (Å²) >= 11 is 0. The fraction of sp³-hybridized carbons (Fsp3) is 0.273. The number of nitriles is 1. The lowest BCUT2D eigenvalue weighted by Gasteiger charge is -2.29. The number of rotatable bonds is 7. The highest BCUT2D eigenvalue weighted by atomic mass is 19.1. The molecule has 1 saturated heterocycles. The van der Waals surface area contributed by atoms with E-state index in [0.717, 1.165) is 11.6 Å². The van der Waals surface area contributed by atoms with Crippen molar-refractivity contribution >= 4 is 40.1 Å². The molecule has 5 heterocycles. The van der Waals surface area contributed by atoms with Crippen LogP contribution < -0.4 is 10.2 Å². The van der Waals surface area contributed by atoms with E-state index in [2.05, 4.69) is 36.3 Å². The van der Waals surface area contributed by atoms with E-state index in [1.807, 2.05) is 6.07 Å². The molecule has 2 atom stereocenters. The highest BCUT2D eigenvalue weighted by molar-refractivity contribution is 6.11. The van der Waals surface area contributed by atoms with Gasteiger partial charge in [-0.3, -0.25) is 0 Å². The summed E-state index contributed by atoms with van der Waals surface area (Å²) in [7, 11) is 0. The molecule has 2 unspecified atom stereocenters. The predicted molar refractivity (Wildman–Crippen MR) is 120 cm³/mol. The van der Waals surface area contributed by atoms with Gasteiger partial charge in [-0.1, -0.05) is 0 Å². The lowest BCUT2D eigenvalue weighted by molar-refractivity contribution is 0.139. The molecule has 0 radical (unpaired) electrons. The maximum Gasteiger partial charge on any atom is 0.299 e. The van der Waals surface area contributed by atoms with Crippen LogP contribution in [-0.2, 0) is 0 Å².